The lowest BCUT2D eigenvalue weighted by Gasteiger charge is -2.28. The normalized spacial score (nSPS) is 11.8. The molecule has 2 amide bonds. The van der Waals surface area contributed by atoms with Crippen LogP contribution in [0.1, 0.15) is 30.6 Å². The van der Waals surface area contributed by atoms with Crippen molar-refractivity contribution < 1.29 is 19.4 Å². The Morgan fingerprint density at radius 2 is 2.05 bits per heavy atom. The number of aromatic carboxylic acids is 1. The summed E-state index contributed by atoms with van der Waals surface area (Å²) >= 11 is 0. The number of benzene rings is 1. The van der Waals surface area contributed by atoms with Gasteiger partial charge in [0.15, 0.2) is 0 Å². The Hall–Kier alpha value is -2.08. The summed E-state index contributed by atoms with van der Waals surface area (Å²) in [6, 6.07) is 6.06. The molecular formula is C15H22N2O4. The van der Waals surface area contributed by atoms with Crippen molar-refractivity contribution >= 4 is 17.7 Å². The van der Waals surface area contributed by atoms with Crippen molar-refractivity contribution in [1.29, 1.82) is 0 Å². The molecule has 0 saturated heterocycles. The molecule has 1 unspecified atom stereocenters. The smallest absolute Gasteiger partial charge is 0.337 e. The molecule has 116 valence electrons. The van der Waals surface area contributed by atoms with Crippen molar-refractivity contribution in [2.45, 2.75) is 26.3 Å². The molecule has 0 aliphatic carbocycles. The third-order valence-corrected chi connectivity index (χ3v) is 3.32. The first-order chi connectivity index (χ1) is 10.0. The maximum Gasteiger partial charge on any atom is 0.337 e. The minimum Gasteiger partial charge on any atom is -0.478 e. The molecule has 0 fully saturated rings. The van der Waals surface area contributed by atoms with Gasteiger partial charge >= 0.3 is 12.0 Å². The number of urea groups is 1. The summed E-state index contributed by atoms with van der Waals surface area (Å²) in [4.78, 5) is 25.2. The summed E-state index contributed by atoms with van der Waals surface area (Å²) in [7, 11) is 1.58. The van der Waals surface area contributed by atoms with E-state index in [0.29, 0.717) is 18.8 Å². The van der Waals surface area contributed by atoms with Crippen LogP contribution in [0.3, 0.4) is 0 Å². The van der Waals surface area contributed by atoms with Crippen LogP contribution >= 0.6 is 0 Å². The van der Waals surface area contributed by atoms with Crippen molar-refractivity contribution in [3.63, 3.8) is 0 Å². The van der Waals surface area contributed by atoms with Gasteiger partial charge in [-0.25, -0.2) is 9.59 Å². The zero-order valence-corrected chi connectivity index (χ0v) is 12.6. The lowest BCUT2D eigenvalue weighted by Crippen LogP contribution is -2.43. The van der Waals surface area contributed by atoms with E-state index in [1.54, 1.807) is 30.2 Å². The quantitative estimate of drug-likeness (QED) is 0.810. The predicted octanol–water partition coefficient (Wildman–Crippen LogP) is 2.66. The first-order valence-corrected chi connectivity index (χ1v) is 6.90. The van der Waals surface area contributed by atoms with Gasteiger partial charge in [0.05, 0.1) is 17.9 Å². The number of carbonyl (C=O) groups is 2. The van der Waals surface area contributed by atoms with Crippen molar-refractivity contribution in [3.8, 4) is 0 Å². The number of carboxylic acids is 1. The van der Waals surface area contributed by atoms with Crippen LogP contribution in [0, 0.1) is 0 Å². The number of carboxylic acid groups (broad SMARTS) is 1. The van der Waals surface area contributed by atoms with Crippen LogP contribution in [0.25, 0.3) is 0 Å². The molecular weight excluding hydrogens is 272 g/mol. The Kier molecular flexibility index (Phi) is 6.68. The number of nitrogens with one attached hydrogen (secondary N) is 1. The molecule has 6 nitrogen and oxygen atoms in total. The number of anilines is 1. The fourth-order valence-electron chi connectivity index (χ4n) is 1.90. The number of hydrogen-bond acceptors (Lipinski definition) is 3. The highest BCUT2D eigenvalue weighted by atomic mass is 16.5. The topological polar surface area (TPSA) is 78.9 Å². The van der Waals surface area contributed by atoms with E-state index in [-0.39, 0.29) is 17.6 Å². The Labute approximate surface area is 124 Å². The molecule has 0 aliphatic heterocycles. The average Bonchev–Trinajstić information content (AvgIpc) is 2.47. The van der Waals surface area contributed by atoms with E-state index in [1.807, 2.05) is 13.8 Å². The highest BCUT2D eigenvalue weighted by molar-refractivity contribution is 6.00. The third kappa shape index (κ3) is 4.75. The van der Waals surface area contributed by atoms with Gasteiger partial charge in [-0.15, -0.1) is 0 Å². The van der Waals surface area contributed by atoms with E-state index < -0.39 is 5.97 Å². The molecule has 0 saturated carbocycles. The molecule has 1 aromatic carbocycles. The van der Waals surface area contributed by atoms with Gasteiger partial charge in [0.25, 0.3) is 0 Å². The highest BCUT2D eigenvalue weighted by Gasteiger charge is 2.20. The number of carbonyl (C=O) groups excluding carboxylic acids is 1. The van der Waals surface area contributed by atoms with Crippen LogP contribution in [-0.2, 0) is 4.74 Å². The molecule has 0 radical (unpaired) electrons. The van der Waals surface area contributed by atoms with E-state index in [2.05, 4.69) is 5.32 Å². The van der Waals surface area contributed by atoms with Gasteiger partial charge in [0.1, 0.15) is 0 Å². The standard InChI is InChI=1S/C15H22N2O4/c1-4-11(2)17(9-10-21-3)15(20)16-13-8-6-5-7-12(13)14(18)19/h5-8,11H,4,9-10H2,1-3H3,(H,16,20)(H,18,19). The Morgan fingerprint density at radius 3 is 2.62 bits per heavy atom. The highest BCUT2D eigenvalue weighted by Crippen LogP contribution is 2.16. The number of methoxy groups -OCH3 is 1. The van der Waals surface area contributed by atoms with E-state index in [0.717, 1.165) is 6.42 Å². The second-order valence-electron chi connectivity index (χ2n) is 4.72. The monoisotopic (exact) mass is 294 g/mol. The first-order valence-electron chi connectivity index (χ1n) is 6.90. The predicted molar refractivity (Wildman–Crippen MR) is 80.8 cm³/mol. The van der Waals surface area contributed by atoms with Crippen LogP contribution in [0.15, 0.2) is 24.3 Å². The zero-order valence-electron chi connectivity index (χ0n) is 12.6. The van der Waals surface area contributed by atoms with E-state index in [1.165, 1.54) is 6.07 Å². The maximum absolute atomic E-state index is 12.4. The molecule has 6 heteroatoms. The number of ether oxygens (including phenoxy) is 1. The minimum atomic E-state index is -1.07. The Bertz CT molecular complexity index is 490. The second-order valence-corrected chi connectivity index (χ2v) is 4.72. The molecule has 0 spiro atoms. The number of hydrogen-bond donors (Lipinski definition) is 2. The summed E-state index contributed by atoms with van der Waals surface area (Å²) in [5, 5.41) is 11.8. The van der Waals surface area contributed by atoms with Crippen LogP contribution in [0.4, 0.5) is 10.5 Å². The largest absolute Gasteiger partial charge is 0.478 e. The molecule has 1 atom stereocenters. The third-order valence-electron chi connectivity index (χ3n) is 3.32. The van der Waals surface area contributed by atoms with Gasteiger partial charge in [-0.1, -0.05) is 19.1 Å². The Balaban J connectivity index is 2.88. The number of rotatable bonds is 7. The second kappa shape index (κ2) is 8.26. The summed E-state index contributed by atoms with van der Waals surface area (Å²) in [6.07, 6.45) is 0.803. The van der Waals surface area contributed by atoms with E-state index in [9.17, 15) is 9.59 Å². The maximum atomic E-state index is 12.4. The fourth-order valence-corrected chi connectivity index (χ4v) is 1.90. The van der Waals surface area contributed by atoms with Crippen molar-refractivity contribution in [3.05, 3.63) is 29.8 Å². The summed E-state index contributed by atoms with van der Waals surface area (Å²) in [5.41, 5.74) is 0.363. The van der Waals surface area contributed by atoms with Crippen LogP contribution in [0.5, 0.6) is 0 Å². The van der Waals surface area contributed by atoms with E-state index >= 15 is 0 Å². The van der Waals surface area contributed by atoms with Gasteiger partial charge in [-0.3, -0.25) is 0 Å². The number of para-hydroxylation sites is 1. The van der Waals surface area contributed by atoms with Crippen molar-refractivity contribution in [2.24, 2.45) is 0 Å². The minimum absolute atomic E-state index is 0.0390. The van der Waals surface area contributed by atoms with Gasteiger partial charge < -0.3 is 20.1 Å². The zero-order chi connectivity index (χ0) is 15.8. The summed E-state index contributed by atoms with van der Waals surface area (Å²) in [6.45, 7) is 4.81. The van der Waals surface area contributed by atoms with Gasteiger partial charge in [-0.05, 0) is 25.5 Å². The molecule has 0 aromatic heterocycles. The summed E-state index contributed by atoms with van der Waals surface area (Å²) < 4.78 is 5.01. The van der Waals surface area contributed by atoms with Gasteiger partial charge in [-0.2, -0.15) is 0 Å². The Morgan fingerprint density at radius 1 is 1.38 bits per heavy atom. The fraction of sp³-hybridized carbons (Fsp3) is 0.467. The SMILES string of the molecule is CCC(C)N(CCOC)C(=O)Nc1ccccc1C(=O)O. The lowest BCUT2D eigenvalue weighted by molar-refractivity contribution is 0.0698. The molecule has 1 aromatic rings. The molecule has 0 heterocycles. The molecule has 2 N–H and O–H groups in total. The molecule has 0 aliphatic rings. The van der Waals surface area contributed by atoms with Crippen LogP contribution in [-0.4, -0.2) is 48.3 Å². The van der Waals surface area contributed by atoms with E-state index in [4.69, 9.17) is 9.84 Å². The van der Waals surface area contributed by atoms with Crippen LogP contribution in [0.2, 0.25) is 0 Å². The van der Waals surface area contributed by atoms with Crippen molar-refractivity contribution in [1.82, 2.24) is 4.90 Å². The number of amides is 2. The first kappa shape index (κ1) is 17.0. The molecule has 21 heavy (non-hydrogen) atoms. The number of nitrogens with zero attached hydrogens (tertiary/aromatic N) is 1. The molecule has 1 rings (SSSR count). The lowest BCUT2D eigenvalue weighted by atomic mass is 10.2. The summed E-state index contributed by atoms with van der Waals surface area (Å²) in [5.74, 6) is -1.07. The van der Waals surface area contributed by atoms with Crippen LogP contribution < -0.4 is 5.32 Å². The van der Waals surface area contributed by atoms with Gasteiger partial charge in [0, 0.05) is 19.7 Å². The van der Waals surface area contributed by atoms with Gasteiger partial charge in [0.2, 0.25) is 0 Å². The van der Waals surface area contributed by atoms with Crippen molar-refractivity contribution in [2.75, 3.05) is 25.6 Å². The average molecular weight is 294 g/mol. The molecule has 0 bridgehead atoms.